The Labute approximate surface area is 422 Å². The minimum atomic E-state index is -0.684. The number of nitrogens with zero attached hydrogens (tertiary/aromatic N) is 4. The number of carbonyl (C=O) groups is 3. The number of carbonyl (C=O) groups excluding carboxylic acids is 3. The Balaban J connectivity index is 0.000000261. The molecule has 6 rings (SSSR count). The van der Waals surface area contributed by atoms with Crippen molar-refractivity contribution in [3.05, 3.63) is 85.0 Å². The van der Waals surface area contributed by atoms with Gasteiger partial charge in [0.1, 0.15) is 51.8 Å². The highest BCUT2D eigenvalue weighted by Gasteiger charge is 2.52. The minimum absolute atomic E-state index is 0.0218. The molecule has 1 unspecified atom stereocenters. The summed E-state index contributed by atoms with van der Waals surface area (Å²) in [6.45, 7) is 23.1. The van der Waals surface area contributed by atoms with Gasteiger partial charge in [0.2, 0.25) is 0 Å². The Bertz CT molecular complexity index is 2140. The second kappa shape index (κ2) is 25.3. The molecule has 0 spiro atoms. The number of amidine groups is 2. The van der Waals surface area contributed by atoms with Crippen LogP contribution in [0.5, 0.6) is 11.5 Å². The molecule has 0 radical (unpaired) electrons. The number of methoxy groups -OCH3 is 2. The largest absolute Gasteiger partial charge is 0.497 e. The van der Waals surface area contributed by atoms with Crippen molar-refractivity contribution < 1.29 is 57.4 Å². The van der Waals surface area contributed by atoms with Crippen molar-refractivity contribution in [2.45, 2.75) is 146 Å². The van der Waals surface area contributed by atoms with Gasteiger partial charge < -0.3 is 43.0 Å². The number of hydrogen-bond donors (Lipinski definition) is 1. The van der Waals surface area contributed by atoms with Crippen LogP contribution in [-0.2, 0) is 46.1 Å². The van der Waals surface area contributed by atoms with Crippen molar-refractivity contribution in [3.63, 3.8) is 0 Å². The summed E-state index contributed by atoms with van der Waals surface area (Å²) in [5.74, 6) is 1.28. The highest BCUT2D eigenvalue weighted by atomic mass is 32.2. The van der Waals surface area contributed by atoms with E-state index in [0.29, 0.717) is 49.2 Å². The molecule has 4 aliphatic heterocycles. The number of aliphatic imine (C=N–C) groups is 2. The number of hydrogen-bond acceptors (Lipinski definition) is 16. The molecule has 2 fully saturated rings. The standard InChI is InChI=1S/C26H38N2O6S.C26H36N2O6S/c2*1-8-15-32-22-16(2)21(19(29)14-11-17-9-12-18(31-7)13-10-17)33-23-20(22)27-24(35-23)28(6)25(30)34-26(3,4)5/h8-10,12-13,16,19-23,29H,1,11,14-15H2,2-7H3;8-10,12-13,16,20-23H,1,11,14-15H2,2-7H3/t16-,19?,20-,21+,22+,23-;16-,20-,21+,22+,23-/m11/s1. The van der Waals surface area contributed by atoms with Crippen LogP contribution < -0.4 is 9.47 Å². The summed E-state index contributed by atoms with van der Waals surface area (Å²) in [7, 11) is 6.53. The van der Waals surface area contributed by atoms with Crippen molar-refractivity contribution in [3.8, 4) is 11.5 Å². The second-order valence-electron chi connectivity index (χ2n) is 19.7. The van der Waals surface area contributed by atoms with Gasteiger partial charge in [-0.2, -0.15) is 0 Å². The molecular weight excluding hydrogens is 937 g/mol. The molecule has 18 heteroatoms. The zero-order valence-corrected chi connectivity index (χ0v) is 44.5. The van der Waals surface area contributed by atoms with Gasteiger partial charge in [0.15, 0.2) is 16.1 Å². The van der Waals surface area contributed by atoms with Crippen molar-refractivity contribution in [1.82, 2.24) is 9.80 Å². The van der Waals surface area contributed by atoms with Gasteiger partial charge in [-0.25, -0.2) is 9.59 Å². The summed E-state index contributed by atoms with van der Waals surface area (Å²) in [6.07, 6.45) is 2.24. The first kappa shape index (κ1) is 56.5. The Morgan fingerprint density at radius 3 is 1.57 bits per heavy atom. The summed E-state index contributed by atoms with van der Waals surface area (Å²) in [5.41, 5.74) is 0.133. The van der Waals surface area contributed by atoms with E-state index in [1.165, 1.54) is 33.3 Å². The lowest BCUT2D eigenvalue weighted by Gasteiger charge is -2.43. The van der Waals surface area contributed by atoms with Crippen molar-refractivity contribution in [2.75, 3.05) is 41.5 Å². The van der Waals surface area contributed by atoms with E-state index in [-0.39, 0.29) is 47.3 Å². The van der Waals surface area contributed by atoms with Crippen LogP contribution in [0.25, 0.3) is 0 Å². The number of aliphatic hydroxyl groups is 1. The fourth-order valence-corrected chi connectivity index (χ4v) is 10.6. The molecule has 70 heavy (non-hydrogen) atoms. The highest BCUT2D eigenvalue weighted by molar-refractivity contribution is 8.14. The van der Waals surface area contributed by atoms with Crippen molar-refractivity contribution in [1.29, 1.82) is 0 Å². The topological polar surface area (TPSA) is 176 Å². The average Bonchev–Trinajstić information content (AvgIpc) is 3.95. The lowest BCUT2D eigenvalue weighted by molar-refractivity contribution is -0.163. The molecule has 4 heterocycles. The molecular formula is C52H74N4O12S2. The van der Waals surface area contributed by atoms with E-state index < -0.39 is 47.1 Å². The molecule has 16 nitrogen and oxygen atoms in total. The summed E-state index contributed by atoms with van der Waals surface area (Å²) in [6, 6.07) is 14.9. The predicted octanol–water partition coefficient (Wildman–Crippen LogP) is 8.73. The third-order valence-corrected chi connectivity index (χ3v) is 14.3. The Kier molecular flexibility index (Phi) is 20.4. The van der Waals surface area contributed by atoms with Gasteiger partial charge >= 0.3 is 12.2 Å². The van der Waals surface area contributed by atoms with Gasteiger partial charge in [0.25, 0.3) is 0 Å². The van der Waals surface area contributed by atoms with Crippen LogP contribution in [0.3, 0.4) is 0 Å². The van der Waals surface area contributed by atoms with E-state index in [4.69, 9.17) is 47.9 Å². The molecule has 11 atom stereocenters. The predicted molar refractivity (Wildman–Crippen MR) is 275 cm³/mol. The fraction of sp³-hybridized carbons (Fsp3) is 0.596. The van der Waals surface area contributed by atoms with Crippen LogP contribution >= 0.6 is 23.5 Å². The maximum absolute atomic E-state index is 13.2. The molecule has 2 saturated heterocycles. The molecule has 0 bridgehead atoms. The molecule has 386 valence electrons. The zero-order valence-electron chi connectivity index (χ0n) is 42.8. The molecule has 0 aliphatic carbocycles. The van der Waals surface area contributed by atoms with Gasteiger partial charge in [-0.15, -0.1) is 13.2 Å². The summed E-state index contributed by atoms with van der Waals surface area (Å²) < 4.78 is 46.2. The van der Waals surface area contributed by atoms with Crippen molar-refractivity contribution in [2.24, 2.45) is 21.8 Å². The normalized spacial score (nSPS) is 26.4. The van der Waals surface area contributed by atoms with Gasteiger partial charge in [-0.05, 0) is 96.2 Å². The number of thioether (sulfide) groups is 2. The number of ether oxygens (including phenoxy) is 8. The van der Waals surface area contributed by atoms with Crippen LogP contribution in [0.1, 0.15) is 79.4 Å². The summed E-state index contributed by atoms with van der Waals surface area (Å²) in [4.78, 5) is 50.7. The Hall–Kier alpha value is -4.43. The Morgan fingerprint density at radius 1 is 0.714 bits per heavy atom. The Morgan fingerprint density at radius 2 is 1.14 bits per heavy atom. The monoisotopic (exact) mass is 1010 g/mol. The van der Waals surface area contributed by atoms with Gasteiger partial charge in [-0.3, -0.25) is 24.6 Å². The van der Waals surface area contributed by atoms with E-state index >= 15 is 0 Å². The van der Waals surface area contributed by atoms with Crippen LogP contribution in [0.15, 0.2) is 83.8 Å². The first-order chi connectivity index (χ1) is 33.1. The number of benzene rings is 2. The van der Waals surface area contributed by atoms with E-state index in [0.717, 1.165) is 22.6 Å². The first-order valence-corrected chi connectivity index (χ1v) is 25.5. The third kappa shape index (κ3) is 15.3. The van der Waals surface area contributed by atoms with Crippen LogP contribution in [0.4, 0.5) is 9.59 Å². The van der Waals surface area contributed by atoms with E-state index in [9.17, 15) is 19.5 Å². The van der Waals surface area contributed by atoms with Gasteiger partial charge in [0, 0.05) is 32.4 Å². The maximum atomic E-state index is 13.2. The molecule has 0 saturated carbocycles. The van der Waals surface area contributed by atoms with Crippen LogP contribution in [0.2, 0.25) is 0 Å². The number of fused-ring (bicyclic) bond motifs is 2. The number of aryl methyl sites for hydroxylation is 2. The van der Waals surface area contributed by atoms with Crippen LogP contribution in [-0.4, -0.2) is 149 Å². The molecule has 0 aromatic heterocycles. The molecule has 1 N–H and O–H groups in total. The summed E-state index contributed by atoms with van der Waals surface area (Å²) in [5, 5.41) is 12.1. The quantitative estimate of drug-likeness (QED) is 0.158. The van der Waals surface area contributed by atoms with Gasteiger partial charge in [0.05, 0.1) is 51.8 Å². The number of aliphatic hydroxyl groups excluding tert-OH is 1. The van der Waals surface area contributed by atoms with E-state index in [2.05, 4.69) is 13.2 Å². The second-order valence-corrected chi connectivity index (χ2v) is 21.8. The number of rotatable bonds is 16. The third-order valence-electron chi connectivity index (χ3n) is 11.9. The molecule has 2 amide bonds. The van der Waals surface area contributed by atoms with Crippen molar-refractivity contribution >= 4 is 51.8 Å². The molecule has 4 aliphatic rings. The summed E-state index contributed by atoms with van der Waals surface area (Å²) >= 11 is 2.67. The molecule has 2 aromatic carbocycles. The minimum Gasteiger partial charge on any atom is -0.497 e. The maximum Gasteiger partial charge on any atom is 0.416 e. The van der Waals surface area contributed by atoms with E-state index in [1.807, 2.05) is 104 Å². The number of Topliss-reactive ketones (excluding diaryl/α,β-unsaturated/α-hetero) is 1. The van der Waals surface area contributed by atoms with Crippen LogP contribution in [0, 0.1) is 11.8 Å². The lowest BCUT2D eigenvalue weighted by atomic mass is 9.85. The average molecular weight is 1010 g/mol. The zero-order chi connectivity index (χ0) is 51.5. The first-order valence-electron chi connectivity index (χ1n) is 23.7. The van der Waals surface area contributed by atoms with Gasteiger partial charge in [-0.1, -0.05) is 73.8 Å². The number of ketones is 1. The van der Waals surface area contributed by atoms with E-state index in [1.54, 1.807) is 40.5 Å². The fourth-order valence-electron chi connectivity index (χ4n) is 8.28. The SMILES string of the molecule is C=CCO[C@H]1[C@H](C)[C@@H](C(=O)CCc2ccc(OC)cc2)O[C@@H]2SC(N(C)C(=O)OC(C)(C)C)=N[C@H]12.C=CCO[C@H]1[C@H](C)[C@@H](C(O)CCc2ccc(OC)cc2)O[C@@H]2SC(N(C)C(=O)OC(C)(C)C)=N[C@H]12. The highest BCUT2D eigenvalue weighted by Crippen LogP contribution is 2.43. The molecule has 2 aromatic rings. The number of amides is 2. The smallest absolute Gasteiger partial charge is 0.416 e. The lowest BCUT2D eigenvalue weighted by Crippen LogP contribution is -2.55.